The van der Waals surface area contributed by atoms with E-state index in [1.165, 1.54) is 6.20 Å². The van der Waals surface area contributed by atoms with Crippen molar-refractivity contribution in [2.24, 2.45) is 5.16 Å². The number of nitrogens with one attached hydrogen (secondary N) is 1. The van der Waals surface area contributed by atoms with Crippen molar-refractivity contribution in [3.63, 3.8) is 0 Å². The molecule has 6 nitrogen and oxygen atoms in total. The number of nitrogens with zero attached hydrogens (tertiary/aromatic N) is 3. The normalized spacial score (nSPS) is 11.3. The van der Waals surface area contributed by atoms with Gasteiger partial charge in [0.2, 0.25) is 0 Å². The molecule has 0 radical (unpaired) electrons. The summed E-state index contributed by atoms with van der Waals surface area (Å²) in [6.45, 7) is 1.69. The second-order valence-corrected chi connectivity index (χ2v) is 4.28. The number of amides is 1. The van der Waals surface area contributed by atoms with E-state index in [2.05, 4.69) is 20.1 Å². The number of carbonyl (C=O) groups excluding carboxylic acids is 1. The molecule has 0 bridgehead atoms. The van der Waals surface area contributed by atoms with Crippen molar-refractivity contribution < 1.29 is 10.0 Å². The summed E-state index contributed by atoms with van der Waals surface area (Å²) in [6, 6.07) is 6.98. The number of benzene rings is 1. The Balaban J connectivity index is 2.09. The van der Waals surface area contributed by atoms with Crippen molar-refractivity contribution in [3.8, 4) is 0 Å². The van der Waals surface area contributed by atoms with E-state index in [0.717, 1.165) is 17.1 Å². The van der Waals surface area contributed by atoms with Crippen LogP contribution in [0.15, 0.2) is 35.6 Å². The fourth-order valence-corrected chi connectivity index (χ4v) is 1.72. The first kappa shape index (κ1) is 12.2. The van der Waals surface area contributed by atoms with Gasteiger partial charge in [-0.05, 0) is 36.2 Å². The highest BCUT2D eigenvalue weighted by molar-refractivity contribution is 7.07. The van der Waals surface area contributed by atoms with E-state index < -0.39 is 0 Å². The van der Waals surface area contributed by atoms with E-state index in [1.54, 1.807) is 31.2 Å². The summed E-state index contributed by atoms with van der Waals surface area (Å²) in [7, 11) is 0. The molecular weight excluding hydrogens is 252 g/mol. The summed E-state index contributed by atoms with van der Waals surface area (Å²) < 4.78 is 3.62. The molecule has 2 N–H and O–H groups in total. The first-order valence-corrected chi connectivity index (χ1v) is 5.86. The molecule has 0 fully saturated rings. The van der Waals surface area contributed by atoms with E-state index in [-0.39, 0.29) is 5.91 Å². The molecule has 2 aromatic rings. The zero-order chi connectivity index (χ0) is 13.0. The molecule has 1 aromatic carbocycles. The molecule has 0 aliphatic carbocycles. The third-order valence-corrected chi connectivity index (χ3v) is 2.96. The molecule has 1 amide bonds. The lowest BCUT2D eigenvalue weighted by atomic mass is 10.1. The van der Waals surface area contributed by atoms with Crippen LogP contribution in [0.5, 0.6) is 0 Å². The van der Waals surface area contributed by atoms with E-state index >= 15 is 0 Å². The van der Waals surface area contributed by atoms with Gasteiger partial charge in [0.15, 0.2) is 0 Å². The average Bonchev–Trinajstić information content (AvgIpc) is 2.92. The number of oxime groups is 1. The quantitative estimate of drug-likeness (QED) is 0.503. The lowest BCUT2D eigenvalue weighted by Crippen LogP contribution is -2.10. The minimum absolute atomic E-state index is 0.245. The van der Waals surface area contributed by atoms with Gasteiger partial charge in [0.25, 0.3) is 5.91 Å². The molecule has 18 heavy (non-hydrogen) atoms. The summed E-state index contributed by atoms with van der Waals surface area (Å²) in [4.78, 5) is 12.2. The molecule has 0 aliphatic rings. The van der Waals surface area contributed by atoms with E-state index in [4.69, 9.17) is 5.21 Å². The molecule has 0 unspecified atom stereocenters. The van der Waals surface area contributed by atoms with Crippen molar-refractivity contribution in [1.82, 2.24) is 9.59 Å². The fraction of sp³-hybridized carbons (Fsp3) is 0.0909. The molecule has 0 atom stereocenters. The minimum atomic E-state index is -0.245. The smallest absolute Gasteiger partial charge is 0.269 e. The summed E-state index contributed by atoms with van der Waals surface area (Å²) in [5.74, 6) is -0.245. The molecule has 1 heterocycles. The Hall–Kier alpha value is -2.28. The number of hydrogen-bond donors (Lipinski definition) is 2. The highest BCUT2D eigenvalue weighted by Crippen LogP contribution is 2.12. The van der Waals surface area contributed by atoms with Crippen molar-refractivity contribution in [2.45, 2.75) is 6.92 Å². The zero-order valence-corrected chi connectivity index (χ0v) is 10.3. The van der Waals surface area contributed by atoms with Crippen molar-refractivity contribution in [3.05, 3.63) is 40.9 Å². The SMILES string of the molecule is CC(=NO)c1ccc(NC(=O)c2cnns2)cc1. The summed E-state index contributed by atoms with van der Waals surface area (Å²) in [5.41, 5.74) is 1.96. The molecular formula is C11H10N4O2S. The van der Waals surface area contributed by atoms with Gasteiger partial charge >= 0.3 is 0 Å². The predicted molar refractivity (Wildman–Crippen MR) is 68.3 cm³/mol. The van der Waals surface area contributed by atoms with Gasteiger partial charge < -0.3 is 10.5 Å². The molecule has 0 aliphatic heterocycles. The Morgan fingerprint density at radius 1 is 1.39 bits per heavy atom. The van der Waals surface area contributed by atoms with Gasteiger partial charge in [-0.2, -0.15) is 0 Å². The molecule has 1 aromatic heterocycles. The predicted octanol–water partition coefficient (Wildman–Crippen LogP) is 1.99. The van der Waals surface area contributed by atoms with E-state index in [1.807, 2.05) is 0 Å². The third kappa shape index (κ3) is 2.69. The number of aromatic nitrogens is 2. The van der Waals surface area contributed by atoms with E-state index in [9.17, 15) is 4.79 Å². The molecule has 7 heteroatoms. The van der Waals surface area contributed by atoms with Crippen LogP contribution in [0.4, 0.5) is 5.69 Å². The van der Waals surface area contributed by atoms with Gasteiger partial charge in [-0.15, -0.1) is 5.10 Å². The third-order valence-electron chi connectivity index (χ3n) is 2.30. The van der Waals surface area contributed by atoms with Gasteiger partial charge in [0.1, 0.15) is 4.88 Å². The number of rotatable bonds is 3. The molecule has 0 spiro atoms. The van der Waals surface area contributed by atoms with Gasteiger partial charge in [-0.25, -0.2) is 0 Å². The first-order chi connectivity index (χ1) is 8.70. The Kier molecular flexibility index (Phi) is 3.63. The van der Waals surface area contributed by atoms with Gasteiger partial charge in [-0.1, -0.05) is 21.8 Å². The number of anilines is 1. The van der Waals surface area contributed by atoms with Crippen LogP contribution in [0.25, 0.3) is 0 Å². The second kappa shape index (κ2) is 5.37. The van der Waals surface area contributed by atoms with Crippen LogP contribution in [0, 0.1) is 0 Å². The first-order valence-electron chi connectivity index (χ1n) is 5.08. The van der Waals surface area contributed by atoms with Crippen LogP contribution in [-0.4, -0.2) is 26.4 Å². The Labute approximate surface area is 107 Å². The van der Waals surface area contributed by atoms with Crippen molar-refractivity contribution in [1.29, 1.82) is 0 Å². The lowest BCUT2D eigenvalue weighted by molar-refractivity contribution is 0.103. The molecule has 92 valence electrons. The Morgan fingerprint density at radius 2 is 2.11 bits per heavy atom. The maximum absolute atomic E-state index is 11.7. The largest absolute Gasteiger partial charge is 0.411 e. The Bertz CT molecular complexity index is 563. The highest BCUT2D eigenvalue weighted by atomic mass is 32.1. The van der Waals surface area contributed by atoms with Gasteiger partial charge in [0, 0.05) is 5.69 Å². The van der Waals surface area contributed by atoms with Crippen molar-refractivity contribution >= 4 is 28.8 Å². The van der Waals surface area contributed by atoms with Crippen LogP contribution in [0.2, 0.25) is 0 Å². The fourth-order valence-electron chi connectivity index (χ4n) is 1.31. The van der Waals surface area contributed by atoms with Crippen molar-refractivity contribution in [2.75, 3.05) is 5.32 Å². The maximum Gasteiger partial charge on any atom is 0.269 e. The van der Waals surface area contributed by atoms with Gasteiger partial charge in [-0.3, -0.25) is 4.79 Å². The van der Waals surface area contributed by atoms with Crippen LogP contribution in [-0.2, 0) is 0 Å². The van der Waals surface area contributed by atoms with Crippen LogP contribution < -0.4 is 5.32 Å². The molecule has 2 rings (SSSR count). The summed E-state index contributed by atoms with van der Waals surface area (Å²) in [6.07, 6.45) is 1.41. The number of carbonyl (C=O) groups is 1. The summed E-state index contributed by atoms with van der Waals surface area (Å²) in [5, 5.41) is 18.1. The Morgan fingerprint density at radius 3 is 2.67 bits per heavy atom. The van der Waals surface area contributed by atoms with Gasteiger partial charge in [0.05, 0.1) is 11.9 Å². The lowest BCUT2D eigenvalue weighted by Gasteiger charge is -2.04. The maximum atomic E-state index is 11.7. The second-order valence-electron chi connectivity index (χ2n) is 3.50. The minimum Gasteiger partial charge on any atom is -0.411 e. The number of hydrogen-bond acceptors (Lipinski definition) is 6. The molecule has 0 saturated heterocycles. The monoisotopic (exact) mass is 262 g/mol. The van der Waals surface area contributed by atoms with Crippen LogP contribution >= 0.6 is 11.5 Å². The highest BCUT2D eigenvalue weighted by Gasteiger charge is 2.08. The van der Waals surface area contributed by atoms with Crippen LogP contribution in [0.3, 0.4) is 0 Å². The topological polar surface area (TPSA) is 87.5 Å². The standard InChI is InChI=1S/C11H10N4O2S/c1-7(14-17)8-2-4-9(5-3-8)13-11(16)10-6-12-15-18-10/h2-6,17H,1H3,(H,13,16). The summed E-state index contributed by atoms with van der Waals surface area (Å²) >= 11 is 1.04. The average molecular weight is 262 g/mol. The zero-order valence-electron chi connectivity index (χ0n) is 9.49. The van der Waals surface area contributed by atoms with E-state index in [0.29, 0.717) is 16.3 Å². The van der Waals surface area contributed by atoms with Crippen LogP contribution in [0.1, 0.15) is 22.2 Å². The molecule has 0 saturated carbocycles.